The molecule has 0 unspecified atom stereocenters. The molecule has 4 rings (SSSR count). The van der Waals surface area contributed by atoms with E-state index in [1.165, 1.54) is 0 Å². The van der Waals surface area contributed by atoms with E-state index in [0.717, 1.165) is 53.2 Å². The molecule has 1 aromatic heterocycles. The molecule has 35 heavy (non-hydrogen) atoms. The fraction of sp³-hybridized carbons (Fsp3) is 0.276. The van der Waals surface area contributed by atoms with Crippen LogP contribution in [0.5, 0.6) is 5.75 Å². The van der Waals surface area contributed by atoms with E-state index in [1.54, 1.807) is 12.1 Å². The topological polar surface area (TPSA) is 61.5 Å². The van der Waals surface area contributed by atoms with Gasteiger partial charge in [-0.15, -0.1) is 0 Å². The summed E-state index contributed by atoms with van der Waals surface area (Å²) < 4.78 is 2.33. The summed E-state index contributed by atoms with van der Waals surface area (Å²) >= 11 is 6.47. The van der Waals surface area contributed by atoms with E-state index in [4.69, 9.17) is 16.6 Å². The van der Waals surface area contributed by atoms with Crippen molar-refractivity contribution < 1.29 is 10.2 Å². The Bertz CT molecular complexity index is 1220. The maximum atomic E-state index is 9.79. The summed E-state index contributed by atoms with van der Waals surface area (Å²) in [5.74, 6) is 1.15. The number of aliphatic hydroxyl groups is 1. The van der Waals surface area contributed by atoms with E-state index >= 15 is 0 Å². The van der Waals surface area contributed by atoms with Crippen LogP contribution in [0, 0.1) is 0 Å². The average Bonchev–Trinajstić information content (AvgIpc) is 3.27. The van der Waals surface area contributed by atoms with Crippen LogP contribution >= 0.6 is 11.6 Å². The maximum Gasteiger partial charge on any atom is 0.140 e. The third-order valence-electron chi connectivity index (χ3n) is 6.13. The first kappa shape index (κ1) is 25.0. The second-order valence-corrected chi connectivity index (χ2v) is 9.25. The highest BCUT2D eigenvalue weighted by Crippen LogP contribution is 2.26. The van der Waals surface area contributed by atoms with Crippen molar-refractivity contribution >= 4 is 11.6 Å². The number of imidazole rings is 1. The molecule has 1 heterocycles. The second kappa shape index (κ2) is 12.0. The van der Waals surface area contributed by atoms with Gasteiger partial charge in [-0.3, -0.25) is 4.90 Å². The van der Waals surface area contributed by atoms with E-state index in [0.29, 0.717) is 24.7 Å². The van der Waals surface area contributed by atoms with Crippen molar-refractivity contribution in [3.05, 3.63) is 106 Å². The molecule has 0 radical (unpaired) electrons. The Morgan fingerprint density at radius 3 is 2.34 bits per heavy atom. The Labute approximate surface area is 212 Å². The SMILES string of the molecule is CCCCn1c(CN(Cc2ccc(CO)cc2)Cc2ccc(O)cc2Cl)cnc1-c1ccccc1. The summed E-state index contributed by atoms with van der Waals surface area (Å²) in [4.78, 5) is 7.14. The number of aliphatic hydroxyl groups excluding tert-OH is 1. The molecule has 0 atom stereocenters. The number of aromatic hydroxyl groups is 1. The molecule has 0 saturated carbocycles. The number of phenolic OH excluding ortho intramolecular Hbond substituents is 1. The predicted molar refractivity (Wildman–Crippen MR) is 141 cm³/mol. The summed E-state index contributed by atoms with van der Waals surface area (Å²) in [7, 11) is 0. The molecule has 6 heteroatoms. The molecule has 0 spiro atoms. The van der Waals surface area contributed by atoms with Crippen molar-refractivity contribution in [3.63, 3.8) is 0 Å². The molecule has 0 saturated heterocycles. The molecule has 5 nitrogen and oxygen atoms in total. The predicted octanol–water partition coefficient (Wildman–Crippen LogP) is 6.40. The highest BCUT2D eigenvalue weighted by Gasteiger charge is 2.17. The van der Waals surface area contributed by atoms with Gasteiger partial charge in [0.1, 0.15) is 11.6 Å². The van der Waals surface area contributed by atoms with Crippen LogP contribution in [0.4, 0.5) is 0 Å². The Morgan fingerprint density at radius 1 is 0.914 bits per heavy atom. The van der Waals surface area contributed by atoms with Crippen LogP contribution in [-0.4, -0.2) is 24.7 Å². The average molecular weight is 490 g/mol. The largest absolute Gasteiger partial charge is 0.508 e. The zero-order valence-corrected chi connectivity index (χ0v) is 20.8. The highest BCUT2D eigenvalue weighted by molar-refractivity contribution is 6.31. The lowest BCUT2D eigenvalue weighted by molar-refractivity contribution is 0.240. The Balaban J connectivity index is 1.65. The van der Waals surface area contributed by atoms with Crippen LogP contribution in [0.15, 0.2) is 79.0 Å². The third-order valence-corrected chi connectivity index (χ3v) is 6.49. The van der Waals surface area contributed by atoms with Crippen molar-refractivity contribution in [3.8, 4) is 17.1 Å². The molecule has 0 aliphatic rings. The molecule has 182 valence electrons. The first-order chi connectivity index (χ1) is 17.1. The number of rotatable bonds is 11. The van der Waals surface area contributed by atoms with Gasteiger partial charge in [-0.1, -0.05) is 85.6 Å². The first-order valence-electron chi connectivity index (χ1n) is 12.1. The smallest absolute Gasteiger partial charge is 0.140 e. The van der Waals surface area contributed by atoms with E-state index in [1.807, 2.05) is 42.6 Å². The van der Waals surface area contributed by atoms with Gasteiger partial charge in [-0.2, -0.15) is 0 Å². The first-order valence-corrected chi connectivity index (χ1v) is 12.4. The molecule has 4 aromatic rings. The monoisotopic (exact) mass is 489 g/mol. The lowest BCUT2D eigenvalue weighted by Gasteiger charge is -2.24. The van der Waals surface area contributed by atoms with Crippen LogP contribution in [0.25, 0.3) is 11.4 Å². The number of unbranched alkanes of at least 4 members (excludes halogenated alkanes) is 1. The van der Waals surface area contributed by atoms with Gasteiger partial charge in [0.15, 0.2) is 0 Å². The van der Waals surface area contributed by atoms with Crippen LogP contribution in [0.3, 0.4) is 0 Å². The molecule has 0 aliphatic carbocycles. The number of aromatic nitrogens is 2. The Kier molecular flexibility index (Phi) is 8.59. The Morgan fingerprint density at radius 2 is 1.66 bits per heavy atom. The van der Waals surface area contributed by atoms with Gasteiger partial charge < -0.3 is 14.8 Å². The minimum Gasteiger partial charge on any atom is -0.508 e. The number of phenols is 1. The van der Waals surface area contributed by atoms with E-state index < -0.39 is 0 Å². The minimum absolute atomic E-state index is 0.0337. The lowest BCUT2D eigenvalue weighted by Crippen LogP contribution is -2.24. The highest BCUT2D eigenvalue weighted by atomic mass is 35.5. The van der Waals surface area contributed by atoms with Gasteiger partial charge in [0.05, 0.1) is 18.5 Å². The van der Waals surface area contributed by atoms with Gasteiger partial charge in [-0.05, 0) is 35.2 Å². The molecular formula is C29H32ClN3O2. The maximum absolute atomic E-state index is 9.79. The number of benzene rings is 3. The van der Waals surface area contributed by atoms with Gasteiger partial charge in [0.25, 0.3) is 0 Å². The van der Waals surface area contributed by atoms with Crippen molar-refractivity contribution in [2.75, 3.05) is 0 Å². The number of nitrogens with zero attached hydrogens (tertiary/aromatic N) is 3. The van der Waals surface area contributed by atoms with Crippen LogP contribution in [0.2, 0.25) is 5.02 Å². The molecule has 0 fully saturated rings. The molecule has 0 aliphatic heterocycles. The number of hydrogen-bond acceptors (Lipinski definition) is 4. The summed E-state index contributed by atoms with van der Waals surface area (Å²) in [5, 5.41) is 19.7. The molecule has 3 aromatic carbocycles. The lowest BCUT2D eigenvalue weighted by atomic mass is 10.1. The molecule has 0 bridgehead atoms. The molecule has 0 amide bonds. The van der Waals surface area contributed by atoms with Gasteiger partial charge in [-0.25, -0.2) is 4.98 Å². The van der Waals surface area contributed by atoms with Gasteiger partial charge >= 0.3 is 0 Å². The van der Waals surface area contributed by atoms with Crippen LogP contribution < -0.4 is 0 Å². The summed E-state index contributed by atoms with van der Waals surface area (Å²) in [6.45, 7) is 5.18. The van der Waals surface area contributed by atoms with E-state index in [2.05, 4.69) is 40.7 Å². The van der Waals surface area contributed by atoms with Crippen LogP contribution in [0.1, 0.15) is 42.1 Å². The zero-order valence-electron chi connectivity index (χ0n) is 20.1. The summed E-state index contributed by atoms with van der Waals surface area (Å²) in [5.41, 5.74) is 5.27. The van der Waals surface area contributed by atoms with Crippen molar-refractivity contribution in [1.82, 2.24) is 14.5 Å². The van der Waals surface area contributed by atoms with Crippen molar-refractivity contribution in [2.45, 2.75) is 52.6 Å². The molecule has 2 N–H and O–H groups in total. The van der Waals surface area contributed by atoms with E-state index in [-0.39, 0.29) is 12.4 Å². The summed E-state index contributed by atoms with van der Waals surface area (Å²) in [6.07, 6.45) is 4.17. The quantitative estimate of drug-likeness (QED) is 0.256. The molecular weight excluding hydrogens is 458 g/mol. The summed E-state index contributed by atoms with van der Waals surface area (Å²) in [6, 6.07) is 23.5. The third kappa shape index (κ3) is 6.51. The Hall–Kier alpha value is -3.12. The van der Waals surface area contributed by atoms with E-state index in [9.17, 15) is 10.2 Å². The normalized spacial score (nSPS) is 11.3. The van der Waals surface area contributed by atoms with Crippen LogP contribution in [-0.2, 0) is 32.8 Å². The zero-order chi connectivity index (χ0) is 24.6. The fourth-order valence-corrected chi connectivity index (χ4v) is 4.47. The second-order valence-electron chi connectivity index (χ2n) is 8.84. The number of halogens is 1. The van der Waals surface area contributed by atoms with Gasteiger partial charge in [0, 0.05) is 36.8 Å². The standard InChI is InChI=1S/C29H32ClN3O2/c1-2-3-15-33-26(17-31-29(33)24-7-5-4-6-8-24)20-32(18-22-9-11-23(21-34)12-10-22)19-25-13-14-27(35)16-28(25)30/h4-14,16-17,34-35H,2-3,15,18-21H2,1H3. The minimum atomic E-state index is 0.0337. The van der Waals surface area contributed by atoms with Crippen molar-refractivity contribution in [2.24, 2.45) is 0 Å². The number of hydrogen-bond donors (Lipinski definition) is 2. The fourth-order valence-electron chi connectivity index (χ4n) is 4.23. The van der Waals surface area contributed by atoms with Crippen molar-refractivity contribution in [1.29, 1.82) is 0 Å². The van der Waals surface area contributed by atoms with Gasteiger partial charge in [0.2, 0.25) is 0 Å².